The largest absolute Gasteiger partial charge is 0.480 e. The van der Waals surface area contributed by atoms with Crippen molar-refractivity contribution in [1.29, 1.82) is 0 Å². The summed E-state index contributed by atoms with van der Waals surface area (Å²) < 4.78 is 0. The number of nitrogens with one attached hydrogen (secondary N) is 2. The molecule has 2 amide bonds. The van der Waals surface area contributed by atoms with E-state index in [2.05, 4.69) is 10.3 Å². The van der Waals surface area contributed by atoms with E-state index in [0.717, 1.165) is 42.5 Å². The number of nitrogens with zero attached hydrogens (tertiary/aromatic N) is 1. The maximum absolute atomic E-state index is 13.5. The lowest BCUT2D eigenvalue weighted by molar-refractivity contribution is -0.138. The summed E-state index contributed by atoms with van der Waals surface area (Å²) in [6.45, 7) is 0. The summed E-state index contributed by atoms with van der Waals surface area (Å²) >= 11 is 0. The molecule has 7 heteroatoms. The molecule has 180 valence electrons. The van der Waals surface area contributed by atoms with Crippen LogP contribution in [0.4, 0.5) is 5.69 Å². The van der Waals surface area contributed by atoms with Crippen LogP contribution in [0.25, 0.3) is 0 Å². The van der Waals surface area contributed by atoms with Crippen LogP contribution >= 0.6 is 0 Å². The summed E-state index contributed by atoms with van der Waals surface area (Å²) in [4.78, 5) is 42.9. The van der Waals surface area contributed by atoms with Crippen LogP contribution in [-0.4, -0.2) is 33.9 Å². The van der Waals surface area contributed by atoms with Crippen molar-refractivity contribution in [2.75, 3.05) is 4.90 Å². The average molecular weight is 472 g/mol. The monoisotopic (exact) mass is 471 g/mol. The van der Waals surface area contributed by atoms with Gasteiger partial charge in [-0.3, -0.25) is 14.5 Å². The number of H-pyrrole nitrogens is 1. The van der Waals surface area contributed by atoms with E-state index in [-0.39, 0.29) is 30.2 Å². The Hall–Kier alpha value is -3.87. The van der Waals surface area contributed by atoms with Gasteiger partial charge >= 0.3 is 5.97 Å². The molecular formula is C28H29N3O4. The summed E-state index contributed by atoms with van der Waals surface area (Å²) in [5, 5.41) is 13.0. The molecule has 1 fully saturated rings. The number of anilines is 1. The highest BCUT2D eigenvalue weighted by Crippen LogP contribution is 2.37. The van der Waals surface area contributed by atoms with Crippen LogP contribution in [0.5, 0.6) is 0 Å². The zero-order valence-corrected chi connectivity index (χ0v) is 19.4. The van der Waals surface area contributed by atoms with Crippen LogP contribution in [0.15, 0.2) is 66.7 Å². The third-order valence-corrected chi connectivity index (χ3v) is 7.15. The van der Waals surface area contributed by atoms with Gasteiger partial charge in [0, 0.05) is 17.8 Å². The topological polar surface area (TPSA) is 102 Å². The lowest BCUT2D eigenvalue weighted by Gasteiger charge is -2.25. The van der Waals surface area contributed by atoms with E-state index in [1.54, 1.807) is 12.1 Å². The van der Waals surface area contributed by atoms with Gasteiger partial charge in [0.05, 0.1) is 12.5 Å². The molecule has 2 atom stereocenters. The van der Waals surface area contributed by atoms with Crippen LogP contribution in [0, 0.1) is 5.92 Å². The zero-order chi connectivity index (χ0) is 24.4. The number of aromatic amines is 1. The number of aliphatic carboxylic acids is 1. The summed E-state index contributed by atoms with van der Waals surface area (Å²) in [5.74, 6) is -1.18. The van der Waals surface area contributed by atoms with Crippen LogP contribution in [-0.2, 0) is 22.4 Å². The van der Waals surface area contributed by atoms with Gasteiger partial charge in [0.2, 0.25) is 5.91 Å². The number of carbonyl (C=O) groups excluding carboxylic acids is 2. The first-order valence-corrected chi connectivity index (χ1v) is 12.2. The lowest BCUT2D eigenvalue weighted by atomic mass is 9.95. The second-order valence-electron chi connectivity index (χ2n) is 9.44. The first-order chi connectivity index (χ1) is 17.0. The maximum Gasteiger partial charge on any atom is 0.327 e. The van der Waals surface area contributed by atoms with Crippen LogP contribution in [0.2, 0.25) is 0 Å². The Morgan fingerprint density at radius 1 is 0.971 bits per heavy atom. The normalized spacial score (nSPS) is 18.3. The van der Waals surface area contributed by atoms with E-state index in [1.807, 2.05) is 54.6 Å². The van der Waals surface area contributed by atoms with Gasteiger partial charge in [0.15, 0.2) is 0 Å². The molecule has 2 heterocycles. The molecule has 0 bridgehead atoms. The number of hydrogen-bond donors (Lipinski definition) is 3. The van der Waals surface area contributed by atoms with E-state index in [9.17, 15) is 19.5 Å². The Morgan fingerprint density at radius 3 is 2.43 bits per heavy atom. The molecule has 2 aliphatic rings. The molecule has 1 aliphatic carbocycles. The molecule has 0 saturated heterocycles. The second kappa shape index (κ2) is 9.78. The standard InChI is InChI=1S/C28H29N3O4/c32-25(16-18-8-2-1-3-9-18)30-26(19-10-4-5-11-19)21-14-15-22(29-21)27(33)31-23-13-7-6-12-20(23)17-24(31)28(34)35/h1-3,6-9,12-15,19,24,26,29H,4-5,10-11,16-17H2,(H,30,32)(H,34,35)/t24?,26-/m0/s1. The van der Waals surface area contributed by atoms with Crippen molar-refractivity contribution >= 4 is 23.5 Å². The molecule has 0 radical (unpaired) electrons. The summed E-state index contributed by atoms with van der Waals surface area (Å²) in [6, 6.07) is 19.3. The number of aromatic nitrogens is 1. The van der Waals surface area contributed by atoms with Crippen molar-refractivity contribution in [3.8, 4) is 0 Å². The Morgan fingerprint density at radius 2 is 1.69 bits per heavy atom. The summed E-state index contributed by atoms with van der Waals surface area (Å²) in [6.07, 6.45) is 4.84. The molecule has 7 nitrogen and oxygen atoms in total. The first kappa shape index (κ1) is 22.9. The van der Waals surface area contributed by atoms with Gasteiger partial charge in [-0.25, -0.2) is 4.79 Å². The SMILES string of the molecule is O=C(Cc1ccccc1)N[C@H](c1ccc(C(=O)N2c3ccccc3CC2C(=O)O)[nH]1)C1CCCC1. The van der Waals surface area contributed by atoms with Gasteiger partial charge in [-0.2, -0.15) is 0 Å². The maximum atomic E-state index is 13.5. The van der Waals surface area contributed by atoms with Gasteiger partial charge in [0.1, 0.15) is 11.7 Å². The van der Waals surface area contributed by atoms with Crippen LogP contribution in [0.1, 0.15) is 59.0 Å². The molecule has 1 aromatic heterocycles. The lowest BCUT2D eigenvalue weighted by Crippen LogP contribution is -2.43. The van der Waals surface area contributed by atoms with E-state index in [1.165, 1.54) is 4.90 Å². The van der Waals surface area contributed by atoms with Crippen molar-refractivity contribution in [2.45, 2.75) is 50.6 Å². The van der Waals surface area contributed by atoms with Crippen molar-refractivity contribution in [3.05, 3.63) is 89.2 Å². The zero-order valence-electron chi connectivity index (χ0n) is 19.4. The van der Waals surface area contributed by atoms with E-state index < -0.39 is 12.0 Å². The van der Waals surface area contributed by atoms with Crippen molar-refractivity contribution < 1.29 is 19.5 Å². The van der Waals surface area contributed by atoms with Gasteiger partial charge in [0.25, 0.3) is 5.91 Å². The molecular weight excluding hydrogens is 442 g/mol. The predicted octanol–water partition coefficient (Wildman–Crippen LogP) is 4.26. The third-order valence-electron chi connectivity index (χ3n) is 7.15. The van der Waals surface area contributed by atoms with Crippen molar-refractivity contribution in [3.63, 3.8) is 0 Å². The van der Waals surface area contributed by atoms with Gasteiger partial charge in [-0.15, -0.1) is 0 Å². The smallest absolute Gasteiger partial charge is 0.327 e. The Balaban J connectivity index is 1.38. The highest BCUT2D eigenvalue weighted by Gasteiger charge is 2.39. The Bertz CT molecular complexity index is 1230. The third kappa shape index (κ3) is 4.71. The summed E-state index contributed by atoms with van der Waals surface area (Å²) in [7, 11) is 0. The molecule has 3 N–H and O–H groups in total. The fraction of sp³-hybridized carbons (Fsp3) is 0.321. The quantitative estimate of drug-likeness (QED) is 0.479. The minimum Gasteiger partial charge on any atom is -0.480 e. The van der Waals surface area contributed by atoms with E-state index >= 15 is 0 Å². The molecule has 1 saturated carbocycles. The number of carboxylic acids is 1. The number of fused-ring (bicyclic) bond motifs is 1. The predicted molar refractivity (Wildman–Crippen MR) is 132 cm³/mol. The number of para-hydroxylation sites is 1. The molecule has 1 unspecified atom stereocenters. The highest BCUT2D eigenvalue weighted by atomic mass is 16.4. The molecule has 1 aliphatic heterocycles. The first-order valence-electron chi connectivity index (χ1n) is 12.2. The van der Waals surface area contributed by atoms with Gasteiger partial charge in [-0.1, -0.05) is 61.4 Å². The Kier molecular flexibility index (Phi) is 6.40. The fourth-order valence-electron chi connectivity index (χ4n) is 5.43. The van der Waals surface area contributed by atoms with Crippen LogP contribution in [0.3, 0.4) is 0 Å². The molecule has 35 heavy (non-hydrogen) atoms. The number of hydrogen-bond acceptors (Lipinski definition) is 3. The van der Waals surface area contributed by atoms with Gasteiger partial charge < -0.3 is 15.4 Å². The molecule has 5 rings (SSSR count). The van der Waals surface area contributed by atoms with E-state index in [4.69, 9.17) is 0 Å². The Labute approximate surface area is 204 Å². The van der Waals surface area contributed by atoms with Crippen molar-refractivity contribution in [2.24, 2.45) is 5.92 Å². The number of carboxylic acid groups (broad SMARTS) is 1. The second-order valence-corrected chi connectivity index (χ2v) is 9.44. The summed E-state index contributed by atoms with van der Waals surface area (Å²) in [5.41, 5.74) is 3.52. The minimum atomic E-state index is -1.03. The number of benzene rings is 2. The molecule has 0 spiro atoms. The minimum absolute atomic E-state index is 0.0602. The number of carbonyl (C=O) groups is 3. The van der Waals surface area contributed by atoms with Crippen LogP contribution < -0.4 is 10.2 Å². The number of amides is 2. The fourth-order valence-corrected chi connectivity index (χ4v) is 5.43. The molecule has 3 aromatic rings. The van der Waals surface area contributed by atoms with Gasteiger partial charge in [-0.05, 0) is 48.1 Å². The highest BCUT2D eigenvalue weighted by molar-refractivity contribution is 6.10. The van der Waals surface area contributed by atoms with E-state index in [0.29, 0.717) is 17.8 Å². The number of rotatable bonds is 7. The molecule has 2 aromatic carbocycles. The average Bonchev–Trinajstić information content (AvgIpc) is 3.63. The van der Waals surface area contributed by atoms with Crippen molar-refractivity contribution in [1.82, 2.24) is 10.3 Å².